The maximum absolute atomic E-state index is 11.0. The molecule has 1 aliphatic heterocycles. The molecule has 6 nitrogen and oxygen atoms in total. The first-order chi connectivity index (χ1) is 8.27. The van der Waals surface area contributed by atoms with Gasteiger partial charge in [0, 0.05) is 18.1 Å². The minimum absolute atomic E-state index is 0.0411. The van der Waals surface area contributed by atoms with E-state index in [9.17, 15) is 4.79 Å². The highest BCUT2D eigenvalue weighted by molar-refractivity contribution is 7.09. The highest BCUT2D eigenvalue weighted by Crippen LogP contribution is 2.31. The van der Waals surface area contributed by atoms with Gasteiger partial charge in [-0.05, 0) is 6.42 Å². The number of aromatic nitrogens is 3. The van der Waals surface area contributed by atoms with E-state index in [0.717, 1.165) is 18.0 Å². The SMILES string of the molecule is O=C(O)c1cnn2c1NCCC2c1nccs1. The van der Waals surface area contributed by atoms with E-state index in [4.69, 9.17) is 5.11 Å². The predicted molar refractivity (Wildman–Crippen MR) is 62.5 cm³/mol. The van der Waals surface area contributed by atoms with Crippen LogP contribution in [0.4, 0.5) is 5.82 Å². The molecule has 1 unspecified atom stereocenters. The molecule has 1 atom stereocenters. The molecule has 0 aromatic carbocycles. The molecule has 0 saturated carbocycles. The Balaban J connectivity index is 2.06. The lowest BCUT2D eigenvalue weighted by Gasteiger charge is -2.24. The van der Waals surface area contributed by atoms with Crippen LogP contribution in [0.3, 0.4) is 0 Å². The fraction of sp³-hybridized carbons (Fsp3) is 0.300. The summed E-state index contributed by atoms with van der Waals surface area (Å²) in [5.74, 6) is -0.387. The van der Waals surface area contributed by atoms with Crippen LogP contribution in [0, 0.1) is 0 Å². The van der Waals surface area contributed by atoms with Crippen molar-refractivity contribution in [2.45, 2.75) is 12.5 Å². The number of aromatic carboxylic acids is 1. The van der Waals surface area contributed by atoms with E-state index in [-0.39, 0.29) is 11.6 Å². The maximum Gasteiger partial charge on any atom is 0.341 e. The molecule has 0 fully saturated rings. The van der Waals surface area contributed by atoms with E-state index >= 15 is 0 Å². The van der Waals surface area contributed by atoms with Crippen molar-refractivity contribution in [2.24, 2.45) is 0 Å². The van der Waals surface area contributed by atoms with E-state index in [0.29, 0.717) is 5.82 Å². The normalized spacial score (nSPS) is 18.5. The number of rotatable bonds is 2. The molecule has 7 heteroatoms. The van der Waals surface area contributed by atoms with Crippen LogP contribution >= 0.6 is 11.3 Å². The molecule has 0 radical (unpaired) electrons. The summed E-state index contributed by atoms with van der Waals surface area (Å²) < 4.78 is 1.71. The van der Waals surface area contributed by atoms with E-state index in [1.54, 1.807) is 22.2 Å². The standard InChI is InChI=1S/C10H10N4O2S/c15-10(16)6-5-13-14-7(1-2-11-8(6)14)9-12-3-4-17-9/h3-5,7,11H,1-2H2,(H,15,16). The number of carboxylic acids is 1. The number of thiazole rings is 1. The molecule has 88 valence electrons. The summed E-state index contributed by atoms with van der Waals surface area (Å²) in [6, 6.07) is 0.0411. The fourth-order valence-electron chi connectivity index (χ4n) is 2.01. The van der Waals surface area contributed by atoms with Crippen LogP contribution in [0.15, 0.2) is 17.8 Å². The number of nitrogens with one attached hydrogen (secondary N) is 1. The topological polar surface area (TPSA) is 80.0 Å². The minimum atomic E-state index is -0.960. The van der Waals surface area contributed by atoms with E-state index < -0.39 is 5.97 Å². The van der Waals surface area contributed by atoms with Gasteiger partial charge in [-0.2, -0.15) is 5.10 Å². The first kappa shape index (κ1) is 10.3. The van der Waals surface area contributed by atoms with E-state index in [1.165, 1.54) is 6.20 Å². The van der Waals surface area contributed by atoms with Gasteiger partial charge in [0.15, 0.2) is 0 Å². The van der Waals surface area contributed by atoms with Crippen LogP contribution < -0.4 is 5.32 Å². The van der Waals surface area contributed by atoms with Gasteiger partial charge in [0.05, 0.1) is 6.20 Å². The van der Waals surface area contributed by atoms with Gasteiger partial charge in [0.25, 0.3) is 0 Å². The Hall–Kier alpha value is -1.89. The first-order valence-corrected chi connectivity index (χ1v) is 6.09. The van der Waals surface area contributed by atoms with Crippen molar-refractivity contribution < 1.29 is 9.90 Å². The third-order valence-corrected chi connectivity index (χ3v) is 3.64. The summed E-state index contributed by atoms with van der Waals surface area (Å²) in [7, 11) is 0. The molecule has 2 aromatic rings. The van der Waals surface area contributed by atoms with Crippen LogP contribution in [0.5, 0.6) is 0 Å². The van der Waals surface area contributed by atoms with Crippen molar-refractivity contribution in [1.29, 1.82) is 0 Å². The number of carboxylic acid groups (broad SMARTS) is 1. The Bertz CT molecular complexity index is 549. The molecule has 3 heterocycles. The highest BCUT2D eigenvalue weighted by Gasteiger charge is 2.27. The molecule has 0 amide bonds. The Kier molecular flexibility index (Phi) is 2.32. The summed E-state index contributed by atoms with van der Waals surface area (Å²) in [4.78, 5) is 15.3. The van der Waals surface area contributed by atoms with Gasteiger partial charge in [-0.15, -0.1) is 11.3 Å². The molecule has 2 N–H and O–H groups in total. The summed E-state index contributed by atoms with van der Waals surface area (Å²) in [5, 5.41) is 19.2. The minimum Gasteiger partial charge on any atom is -0.477 e. The molecule has 3 rings (SSSR count). The van der Waals surface area contributed by atoms with Crippen LogP contribution in [0.25, 0.3) is 0 Å². The van der Waals surface area contributed by atoms with Crippen molar-refractivity contribution in [2.75, 3.05) is 11.9 Å². The fourth-order valence-corrected chi connectivity index (χ4v) is 2.77. The Morgan fingerprint density at radius 3 is 3.24 bits per heavy atom. The summed E-state index contributed by atoms with van der Waals surface area (Å²) in [6.45, 7) is 0.732. The number of hydrogen-bond donors (Lipinski definition) is 2. The molecule has 0 saturated heterocycles. The van der Waals surface area contributed by atoms with Crippen molar-refractivity contribution in [3.05, 3.63) is 28.3 Å². The van der Waals surface area contributed by atoms with Crippen LogP contribution in [0.2, 0.25) is 0 Å². The quantitative estimate of drug-likeness (QED) is 0.843. The lowest BCUT2D eigenvalue weighted by molar-refractivity contribution is 0.0697. The third kappa shape index (κ3) is 1.59. The van der Waals surface area contributed by atoms with E-state index in [1.807, 2.05) is 5.38 Å². The van der Waals surface area contributed by atoms with Crippen molar-refractivity contribution in [3.63, 3.8) is 0 Å². The van der Waals surface area contributed by atoms with Gasteiger partial charge in [-0.1, -0.05) is 0 Å². The number of carbonyl (C=O) groups is 1. The molecular weight excluding hydrogens is 240 g/mol. The second-order valence-electron chi connectivity index (χ2n) is 3.76. The monoisotopic (exact) mass is 250 g/mol. The molecular formula is C10H10N4O2S. The average molecular weight is 250 g/mol. The van der Waals surface area contributed by atoms with Crippen LogP contribution in [-0.2, 0) is 0 Å². The Labute approximate surface area is 101 Å². The zero-order chi connectivity index (χ0) is 11.8. The van der Waals surface area contributed by atoms with Gasteiger partial charge < -0.3 is 10.4 Å². The smallest absolute Gasteiger partial charge is 0.341 e. The Morgan fingerprint density at radius 2 is 2.53 bits per heavy atom. The molecule has 0 spiro atoms. The summed E-state index contributed by atoms with van der Waals surface area (Å²) in [6.07, 6.45) is 4.00. The molecule has 17 heavy (non-hydrogen) atoms. The van der Waals surface area contributed by atoms with Gasteiger partial charge >= 0.3 is 5.97 Å². The van der Waals surface area contributed by atoms with Gasteiger partial charge in [-0.3, -0.25) is 0 Å². The second kappa shape index (κ2) is 3.85. The zero-order valence-electron chi connectivity index (χ0n) is 8.83. The zero-order valence-corrected chi connectivity index (χ0v) is 9.65. The summed E-state index contributed by atoms with van der Waals surface area (Å²) >= 11 is 1.56. The van der Waals surface area contributed by atoms with E-state index in [2.05, 4.69) is 15.4 Å². The van der Waals surface area contributed by atoms with Crippen LogP contribution in [0.1, 0.15) is 27.8 Å². The van der Waals surface area contributed by atoms with Crippen molar-refractivity contribution >= 4 is 23.1 Å². The van der Waals surface area contributed by atoms with Gasteiger partial charge in [0.2, 0.25) is 0 Å². The molecule has 2 aromatic heterocycles. The van der Waals surface area contributed by atoms with Gasteiger partial charge in [0.1, 0.15) is 22.4 Å². The Morgan fingerprint density at radius 1 is 1.65 bits per heavy atom. The highest BCUT2D eigenvalue weighted by atomic mass is 32.1. The maximum atomic E-state index is 11.0. The first-order valence-electron chi connectivity index (χ1n) is 5.21. The largest absolute Gasteiger partial charge is 0.477 e. The van der Waals surface area contributed by atoms with Crippen molar-refractivity contribution in [3.8, 4) is 0 Å². The number of nitrogens with zero attached hydrogens (tertiary/aromatic N) is 3. The average Bonchev–Trinajstić information content (AvgIpc) is 2.97. The van der Waals surface area contributed by atoms with Gasteiger partial charge in [-0.25, -0.2) is 14.5 Å². The third-order valence-electron chi connectivity index (χ3n) is 2.77. The molecule has 0 bridgehead atoms. The number of anilines is 1. The second-order valence-corrected chi connectivity index (χ2v) is 4.68. The lowest BCUT2D eigenvalue weighted by atomic mass is 10.1. The number of fused-ring (bicyclic) bond motifs is 1. The predicted octanol–water partition coefficient (Wildman–Crippen LogP) is 1.44. The lowest BCUT2D eigenvalue weighted by Crippen LogP contribution is -2.25. The molecule has 0 aliphatic carbocycles. The van der Waals surface area contributed by atoms with Crippen LogP contribution in [-0.4, -0.2) is 32.4 Å². The molecule has 1 aliphatic rings. The number of hydrogen-bond acceptors (Lipinski definition) is 5. The summed E-state index contributed by atoms with van der Waals surface area (Å²) in [5.41, 5.74) is 0.214. The van der Waals surface area contributed by atoms with Crippen molar-refractivity contribution in [1.82, 2.24) is 14.8 Å².